The number of pyridine rings is 1. The Labute approximate surface area is 293 Å². The molecule has 0 radical (unpaired) electrons. The fraction of sp³-hybridized carbons (Fsp3) is 0.342. The SMILES string of the molecule is O=C1CCC(N2C(=O)c3ccc(C4CCN(c5ccc(C(=O)Nc6cc([C@H]7CC[C@@H](Oc8ccccn8)C7)[nH]n6)cc5)CC4)cc3C2=O)C(=O)N1. The molecule has 5 amide bonds. The maximum atomic E-state index is 13.3. The van der Waals surface area contributed by atoms with Crippen molar-refractivity contribution in [1.29, 1.82) is 0 Å². The number of anilines is 2. The van der Waals surface area contributed by atoms with Crippen LogP contribution in [0.15, 0.2) is 72.9 Å². The van der Waals surface area contributed by atoms with Crippen LogP contribution in [0.4, 0.5) is 11.5 Å². The minimum absolute atomic E-state index is 0.0852. The smallest absolute Gasteiger partial charge is 0.262 e. The second-order valence-corrected chi connectivity index (χ2v) is 13.6. The molecule has 2 saturated heterocycles. The van der Waals surface area contributed by atoms with Gasteiger partial charge in [-0.2, -0.15) is 5.10 Å². The molecule has 5 heterocycles. The van der Waals surface area contributed by atoms with Crippen molar-refractivity contribution in [1.82, 2.24) is 25.4 Å². The van der Waals surface area contributed by atoms with Crippen LogP contribution in [0.1, 0.15) is 99.1 Å². The molecule has 0 spiro atoms. The van der Waals surface area contributed by atoms with Crippen molar-refractivity contribution in [2.24, 2.45) is 0 Å². The number of nitrogens with one attached hydrogen (secondary N) is 3. The van der Waals surface area contributed by atoms with Crippen LogP contribution in [-0.4, -0.2) is 74.9 Å². The molecular formula is C38H37N7O6. The maximum Gasteiger partial charge on any atom is 0.262 e. The van der Waals surface area contributed by atoms with Crippen molar-refractivity contribution in [3.63, 3.8) is 0 Å². The molecule has 2 aromatic carbocycles. The van der Waals surface area contributed by atoms with Gasteiger partial charge in [-0.25, -0.2) is 4.98 Å². The van der Waals surface area contributed by atoms with Crippen molar-refractivity contribution >= 4 is 41.0 Å². The van der Waals surface area contributed by atoms with E-state index in [1.54, 1.807) is 18.3 Å². The van der Waals surface area contributed by atoms with Gasteiger partial charge >= 0.3 is 0 Å². The summed E-state index contributed by atoms with van der Waals surface area (Å²) in [7, 11) is 0. The molecule has 3 N–H and O–H groups in total. The third kappa shape index (κ3) is 6.46. The normalized spacial score (nSPS) is 22.2. The molecule has 3 aliphatic heterocycles. The van der Waals surface area contributed by atoms with E-state index in [4.69, 9.17) is 4.74 Å². The van der Waals surface area contributed by atoms with E-state index in [-0.39, 0.29) is 42.3 Å². The van der Waals surface area contributed by atoms with Gasteiger partial charge in [-0.1, -0.05) is 12.1 Å². The Bertz CT molecular complexity index is 2000. The number of piperidine rings is 2. The standard InChI is InChI=1S/C38H37N7O6/c46-33-13-12-31(36(48)41-33)45-37(49)28-11-7-24(20-29(28)38(45)50)22-14-17-44(18-15-22)26-8-4-23(5-9-26)35(47)40-32-21-30(42-43-32)25-6-10-27(19-25)51-34-3-1-2-16-39-34/h1-5,7-9,11,16,20-22,25,27,31H,6,10,12-15,17-19H2,(H,41,46,48)(H2,40,42,43,47)/t25-,27+,31?/m0/s1. The van der Waals surface area contributed by atoms with Crippen molar-refractivity contribution in [2.45, 2.75) is 68.9 Å². The van der Waals surface area contributed by atoms with Gasteiger partial charge in [0.2, 0.25) is 17.7 Å². The van der Waals surface area contributed by atoms with Crippen molar-refractivity contribution in [3.05, 3.63) is 101 Å². The number of imide groups is 2. The zero-order valence-electron chi connectivity index (χ0n) is 27.8. The number of hydrogen-bond acceptors (Lipinski definition) is 9. The molecule has 260 valence electrons. The number of H-pyrrole nitrogens is 1. The molecule has 13 nitrogen and oxygen atoms in total. The summed E-state index contributed by atoms with van der Waals surface area (Å²) in [5, 5.41) is 12.6. The summed E-state index contributed by atoms with van der Waals surface area (Å²) in [5.74, 6) is -0.653. The van der Waals surface area contributed by atoms with Crippen LogP contribution in [0.3, 0.4) is 0 Å². The first-order chi connectivity index (χ1) is 24.8. The van der Waals surface area contributed by atoms with E-state index in [1.165, 1.54) is 0 Å². The zero-order chi connectivity index (χ0) is 35.1. The largest absolute Gasteiger partial charge is 0.474 e. The van der Waals surface area contributed by atoms with Crippen molar-refractivity contribution in [3.8, 4) is 5.88 Å². The Kier molecular flexibility index (Phi) is 8.54. The molecule has 2 aromatic heterocycles. The predicted molar refractivity (Wildman–Crippen MR) is 186 cm³/mol. The topological polar surface area (TPSA) is 167 Å². The molecule has 3 atom stereocenters. The lowest BCUT2D eigenvalue weighted by atomic mass is 9.87. The molecule has 13 heteroatoms. The van der Waals surface area contributed by atoms with Crippen molar-refractivity contribution in [2.75, 3.05) is 23.3 Å². The Hall–Kier alpha value is -5.85. The van der Waals surface area contributed by atoms with Crippen LogP contribution in [0.5, 0.6) is 5.88 Å². The highest BCUT2D eigenvalue weighted by Gasteiger charge is 2.45. The monoisotopic (exact) mass is 687 g/mol. The number of carbonyl (C=O) groups excluding carboxylic acids is 5. The van der Waals surface area contributed by atoms with Crippen LogP contribution < -0.4 is 20.3 Å². The number of benzene rings is 2. The van der Waals surface area contributed by atoms with E-state index < -0.39 is 29.7 Å². The van der Waals surface area contributed by atoms with Gasteiger partial charge in [0.15, 0.2) is 5.82 Å². The van der Waals surface area contributed by atoms with Crippen LogP contribution in [-0.2, 0) is 9.59 Å². The van der Waals surface area contributed by atoms with Crippen LogP contribution in [0.2, 0.25) is 0 Å². The average molecular weight is 688 g/mol. The highest BCUT2D eigenvalue weighted by molar-refractivity contribution is 6.23. The van der Waals surface area contributed by atoms with E-state index in [0.29, 0.717) is 22.8 Å². The number of nitrogens with zero attached hydrogens (tertiary/aromatic N) is 4. The first-order valence-electron chi connectivity index (χ1n) is 17.5. The van der Waals surface area contributed by atoms with E-state index in [0.717, 1.165) is 67.0 Å². The Balaban J connectivity index is 0.838. The summed E-state index contributed by atoms with van der Waals surface area (Å²) < 4.78 is 6.02. The lowest BCUT2D eigenvalue weighted by molar-refractivity contribution is -0.136. The molecule has 8 rings (SSSR count). The number of carbonyl (C=O) groups is 5. The summed E-state index contributed by atoms with van der Waals surface area (Å²) in [4.78, 5) is 71.0. The molecular weight excluding hydrogens is 650 g/mol. The number of amides is 5. The van der Waals surface area contributed by atoms with E-state index in [9.17, 15) is 24.0 Å². The van der Waals surface area contributed by atoms with Crippen molar-refractivity contribution < 1.29 is 28.7 Å². The fourth-order valence-electron chi connectivity index (χ4n) is 7.75. The van der Waals surface area contributed by atoms with Gasteiger partial charge in [0.05, 0.1) is 11.1 Å². The van der Waals surface area contributed by atoms with Crippen LogP contribution in [0, 0.1) is 0 Å². The summed E-state index contributed by atoms with van der Waals surface area (Å²) in [5.41, 5.74) is 4.11. The van der Waals surface area contributed by atoms with Gasteiger partial charge in [-0.3, -0.25) is 39.3 Å². The van der Waals surface area contributed by atoms with Gasteiger partial charge < -0.3 is 15.0 Å². The third-order valence-electron chi connectivity index (χ3n) is 10.5. The number of rotatable bonds is 8. The first-order valence-corrected chi connectivity index (χ1v) is 17.5. The number of aromatic nitrogens is 3. The minimum Gasteiger partial charge on any atom is -0.474 e. The van der Waals surface area contributed by atoms with E-state index in [2.05, 4.69) is 30.7 Å². The quantitative estimate of drug-likeness (QED) is 0.225. The number of ether oxygens (including phenoxy) is 1. The molecule has 1 unspecified atom stereocenters. The number of hydrogen-bond donors (Lipinski definition) is 3. The highest BCUT2D eigenvalue weighted by atomic mass is 16.5. The van der Waals surface area contributed by atoms with Gasteiger partial charge in [0.25, 0.3) is 17.7 Å². The van der Waals surface area contributed by atoms with Gasteiger partial charge in [-0.05, 0) is 92.5 Å². The van der Waals surface area contributed by atoms with Crippen LogP contribution >= 0.6 is 0 Å². The minimum atomic E-state index is -0.979. The van der Waals surface area contributed by atoms with E-state index >= 15 is 0 Å². The van der Waals surface area contributed by atoms with E-state index in [1.807, 2.05) is 54.6 Å². The molecule has 51 heavy (non-hydrogen) atoms. The lowest BCUT2D eigenvalue weighted by Crippen LogP contribution is -2.54. The second-order valence-electron chi connectivity index (χ2n) is 13.6. The van der Waals surface area contributed by atoms with Gasteiger partial charge in [0.1, 0.15) is 12.1 Å². The lowest BCUT2D eigenvalue weighted by Gasteiger charge is -2.34. The molecule has 3 fully saturated rings. The molecule has 0 bridgehead atoms. The molecule has 1 aliphatic carbocycles. The summed E-state index contributed by atoms with van der Waals surface area (Å²) in [6.45, 7) is 1.57. The summed E-state index contributed by atoms with van der Waals surface area (Å²) in [6.07, 6.45) is 6.46. The Morgan fingerprint density at radius 3 is 2.41 bits per heavy atom. The highest BCUT2D eigenvalue weighted by Crippen LogP contribution is 2.37. The van der Waals surface area contributed by atoms with Crippen LogP contribution in [0.25, 0.3) is 0 Å². The summed E-state index contributed by atoms with van der Waals surface area (Å²) >= 11 is 0. The average Bonchev–Trinajstić information content (AvgIpc) is 3.87. The Morgan fingerprint density at radius 1 is 0.843 bits per heavy atom. The van der Waals surface area contributed by atoms with Gasteiger partial charge in [-0.15, -0.1) is 0 Å². The van der Waals surface area contributed by atoms with Gasteiger partial charge in [0, 0.05) is 60.7 Å². The molecule has 4 aliphatic rings. The summed E-state index contributed by atoms with van der Waals surface area (Å²) in [6, 6.07) is 19.5. The number of fused-ring (bicyclic) bond motifs is 1. The third-order valence-corrected chi connectivity index (χ3v) is 10.5. The second kappa shape index (κ2) is 13.5. The Morgan fingerprint density at radius 2 is 1.65 bits per heavy atom. The predicted octanol–water partition coefficient (Wildman–Crippen LogP) is 4.56. The maximum absolute atomic E-state index is 13.3. The number of aromatic amines is 1. The molecule has 4 aromatic rings. The first kappa shape index (κ1) is 32.4. The zero-order valence-corrected chi connectivity index (χ0v) is 27.8. The molecule has 1 saturated carbocycles. The fourth-order valence-corrected chi connectivity index (χ4v) is 7.75.